The van der Waals surface area contributed by atoms with Gasteiger partial charge in [0.05, 0.1) is 44.7 Å². The number of carbonyl (C=O) groups is 1. The van der Waals surface area contributed by atoms with E-state index in [4.69, 9.17) is 12.2 Å². The zero-order valence-electron chi connectivity index (χ0n) is 16.2. The first-order chi connectivity index (χ1) is 12.6. The van der Waals surface area contributed by atoms with Crippen LogP contribution in [0.2, 0.25) is 0 Å². The lowest BCUT2D eigenvalue weighted by atomic mass is 10.3. The maximum atomic E-state index is 12.4. The Morgan fingerprint density at radius 3 is 2.48 bits per heavy atom. The van der Waals surface area contributed by atoms with Crippen molar-refractivity contribution in [2.45, 2.75) is 4.90 Å². The molecule has 0 saturated carbocycles. The van der Waals surface area contributed by atoms with Crippen LogP contribution in [-0.4, -0.2) is 94.5 Å². The lowest BCUT2D eigenvalue weighted by molar-refractivity contribution is -0.883. The molecule has 1 aromatic carbocycles. The minimum Gasteiger partial charge on any atom is -0.343 e. The average Bonchev–Trinajstić information content (AvgIpc) is 2.62. The van der Waals surface area contributed by atoms with E-state index in [9.17, 15) is 13.2 Å². The highest BCUT2D eigenvalue weighted by Gasteiger charge is 2.23. The van der Waals surface area contributed by atoms with Gasteiger partial charge in [0.2, 0.25) is 15.9 Å². The number of benzene rings is 1. The fourth-order valence-corrected chi connectivity index (χ4v) is 3.81. The molecule has 1 heterocycles. The van der Waals surface area contributed by atoms with Crippen molar-refractivity contribution >= 4 is 38.9 Å². The summed E-state index contributed by atoms with van der Waals surface area (Å²) < 4.78 is 25.7. The fourth-order valence-electron chi connectivity index (χ4n) is 2.68. The first kappa shape index (κ1) is 21.5. The van der Waals surface area contributed by atoms with E-state index in [1.807, 2.05) is 4.90 Å². The summed E-state index contributed by atoms with van der Waals surface area (Å²) >= 11 is 5.37. The van der Waals surface area contributed by atoms with Crippen molar-refractivity contribution in [1.82, 2.24) is 14.1 Å². The molecule has 27 heavy (non-hydrogen) atoms. The van der Waals surface area contributed by atoms with Gasteiger partial charge in [-0.1, -0.05) is 6.07 Å². The Bertz CT molecular complexity index is 790. The molecule has 1 aliphatic heterocycles. The minimum atomic E-state index is -3.52. The molecule has 0 aromatic heterocycles. The Morgan fingerprint density at radius 2 is 1.89 bits per heavy atom. The second-order valence-corrected chi connectivity index (χ2v) is 9.48. The molecule has 1 aromatic rings. The van der Waals surface area contributed by atoms with Crippen LogP contribution in [0.15, 0.2) is 29.2 Å². The largest absolute Gasteiger partial charge is 0.343 e. The number of anilines is 1. The second-order valence-electron chi connectivity index (χ2n) is 6.94. The van der Waals surface area contributed by atoms with Crippen LogP contribution >= 0.6 is 12.2 Å². The summed E-state index contributed by atoms with van der Waals surface area (Å²) in [5.41, 5.74) is 0.561. The first-order valence-corrected chi connectivity index (χ1v) is 10.6. The first-order valence-electron chi connectivity index (χ1n) is 8.75. The Balaban J connectivity index is 1.97. The van der Waals surface area contributed by atoms with Crippen LogP contribution in [0.5, 0.6) is 0 Å². The third kappa shape index (κ3) is 5.61. The van der Waals surface area contributed by atoms with Gasteiger partial charge in [-0.15, -0.1) is 0 Å². The van der Waals surface area contributed by atoms with Gasteiger partial charge < -0.3 is 20.0 Å². The molecule has 0 radical (unpaired) electrons. The number of carbonyl (C=O) groups excluding carboxylic acids is 1. The van der Waals surface area contributed by atoms with Crippen LogP contribution in [0.25, 0.3) is 0 Å². The molecule has 8 nitrogen and oxygen atoms in total. The van der Waals surface area contributed by atoms with E-state index in [0.717, 1.165) is 30.5 Å². The zero-order valence-corrected chi connectivity index (χ0v) is 17.9. The highest BCUT2D eigenvalue weighted by Crippen LogP contribution is 2.18. The van der Waals surface area contributed by atoms with Crippen LogP contribution in [0.3, 0.4) is 0 Å². The Labute approximate surface area is 166 Å². The number of sulfonamides is 1. The maximum absolute atomic E-state index is 12.4. The minimum absolute atomic E-state index is 0.0399. The van der Waals surface area contributed by atoms with Crippen LogP contribution in [-0.2, 0) is 14.8 Å². The number of nitrogens with one attached hydrogen (secondary N) is 2. The van der Waals surface area contributed by atoms with E-state index in [1.54, 1.807) is 24.1 Å². The predicted octanol–water partition coefficient (Wildman–Crippen LogP) is -1.08. The van der Waals surface area contributed by atoms with Crippen molar-refractivity contribution < 1.29 is 18.1 Å². The molecule has 0 bridgehead atoms. The van der Waals surface area contributed by atoms with Gasteiger partial charge in [0.15, 0.2) is 5.11 Å². The summed E-state index contributed by atoms with van der Waals surface area (Å²) in [5, 5.41) is 3.37. The van der Waals surface area contributed by atoms with Gasteiger partial charge in [-0.3, -0.25) is 4.79 Å². The van der Waals surface area contributed by atoms with E-state index in [-0.39, 0.29) is 17.3 Å². The highest BCUT2D eigenvalue weighted by molar-refractivity contribution is 7.89. The van der Waals surface area contributed by atoms with Crippen molar-refractivity contribution in [1.29, 1.82) is 0 Å². The molecule has 10 heteroatoms. The third-order valence-electron chi connectivity index (χ3n) is 4.55. The van der Waals surface area contributed by atoms with Crippen LogP contribution in [0.4, 0.5) is 5.69 Å². The summed E-state index contributed by atoms with van der Waals surface area (Å²) in [4.78, 5) is 17.6. The number of nitrogens with zero attached hydrogens (tertiary/aromatic N) is 3. The van der Waals surface area contributed by atoms with Gasteiger partial charge in [-0.25, -0.2) is 12.7 Å². The molecule has 0 spiro atoms. The molecule has 1 aliphatic rings. The molecule has 1 fully saturated rings. The van der Waals surface area contributed by atoms with Crippen molar-refractivity contribution in [2.24, 2.45) is 0 Å². The van der Waals surface area contributed by atoms with Crippen molar-refractivity contribution in [3.8, 4) is 0 Å². The summed E-state index contributed by atoms with van der Waals surface area (Å²) in [7, 11) is 3.32. The number of likely N-dealkylation sites (N-methyl/N-ethyl adjacent to an activating group) is 2. The molecule has 1 amide bonds. The van der Waals surface area contributed by atoms with Gasteiger partial charge in [0, 0.05) is 26.8 Å². The SMILES string of the molecule is CN(CC(=O)N1CC[NH+](C)CC1)C(=S)Nc1cccc(S(=O)(=O)N(C)C)c1. The molecule has 1 saturated heterocycles. The highest BCUT2D eigenvalue weighted by atomic mass is 32.2. The third-order valence-corrected chi connectivity index (χ3v) is 6.78. The standard InChI is InChI=1S/C17H27N5O3S2/c1-19(2)27(24,25)15-7-5-6-14(12-15)18-17(26)21(4)13-16(23)22-10-8-20(3)9-11-22/h5-7,12H,8-11,13H2,1-4H3,(H,18,26)/p+1. The summed E-state index contributed by atoms with van der Waals surface area (Å²) in [6.07, 6.45) is 0. The van der Waals surface area contributed by atoms with E-state index in [0.29, 0.717) is 10.8 Å². The number of piperazine rings is 1. The lowest BCUT2D eigenvalue weighted by Gasteiger charge is -2.31. The predicted molar refractivity (Wildman–Crippen MR) is 109 cm³/mol. The fraction of sp³-hybridized carbons (Fsp3) is 0.529. The smallest absolute Gasteiger partial charge is 0.242 e. The normalized spacial score (nSPS) is 15.7. The molecule has 2 N–H and O–H groups in total. The summed E-state index contributed by atoms with van der Waals surface area (Å²) in [6.45, 7) is 3.59. The summed E-state index contributed by atoms with van der Waals surface area (Å²) in [5.74, 6) is 0.0399. The number of rotatable bonds is 5. The van der Waals surface area contributed by atoms with Crippen LogP contribution in [0.1, 0.15) is 0 Å². The van der Waals surface area contributed by atoms with Gasteiger partial charge in [-0.2, -0.15) is 0 Å². The summed E-state index contributed by atoms with van der Waals surface area (Å²) in [6, 6.07) is 6.45. The average molecular weight is 415 g/mol. The molecule has 0 atom stereocenters. The van der Waals surface area contributed by atoms with Crippen molar-refractivity contribution in [3.63, 3.8) is 0 Å². The van der Waals surface area contributed by atoms with Crippen LogP contribution < -0.4 is 10.2 Å². The van der Waals surface area contributed by atoms with E-state index < -0.39 is 10.0 Å². The molecule has 0 aliphatic carbocycles. The molecule has 2 rings (SSSR count). The maximum Gasteiger partial charge on any atom is 0.242 e. The molecule has 0 unspecified atom stereocenters. The molecular weight excluding hydrogens is 386 g/mol. The topological polar surface area (TPSA) is 77.4 Å². The lowest BCUT2D eigenvalue weighted by Crippen LogP contribution is -3.12. The van der Waals surface area contributed by atoms with Gasteiger partial charge in [0.1, 0.15) is 0 Å². The second kappa shape index (κ2) is 8.96. The zero-order chi connectivity index (χ0) is 20.2. The van der Waals surface area contributed by atoms with E-state index in [2.05, 4.69) is 12.4 Å². The Hall–Kier alpha value is -1.75. The molecule has 150 valence electrons. The quantitative estimate of drug-likeness (QED) is 0.597. The van der Waals surface area contributed by atoms with Crippen molar-refractivity contribution in [2.75, 3.05) is 66.2 Å². The van der Waals surface area contributed by atoms with E-state index in [1.165, 1.54) is 31.1 Å². The number of thiocarbonyl (C=S) groups is 1. The number of quaternary nitrogens is 1. The van der Waals surface area contributed by atoms with Gasteiger partial charge in [0.25, 0.3) is 0 Å². The number of hydrogen-bond donors (Lipinski definition) is 2. The van der Waals surface area contributed by atoms with Crippen LogP contribution in [0, 0.1) is 0 Å². The number of amides is 1. The van der Waals surface area contributed by atoms with Gasteiger partial charge in [-0.05, 0) is 30.4 Å². The molecular formula is C17H28N5O3S2+. The Morgan fingerprint density at radius 1 is 1.26 bits per heavy atom. The Kier molecular flexibility index (Phi) is 7.15. The number of hydrogen-bond acceptors (Lipinski definition) is 4. The van der Waals surface area contributed by atoms with Gasteiger partial charge >= 0.3 is 0 Å². The van der Waals surface area contributed by atoms with Crippen molar-refractivity contribution in [3.05, 3.63) is 24.3 Å². The monoisotopic (exact) mass is 414 g/mol. The van der Waals surface area contributed by atoms with E-state index >= 15 is 0 Å².